The van der Waals surface area contributed by atoms with Gasteiger partial charge in [-0.2, -0.15) is 0 Å². The van der Waals surface area contributed by atoms with Crippen molar-refractivity contribution in [2.75, 3.05) is 24.6 Å². The van der Waals surface area contributed by atoms with E-state index in [1.807, 2.05) is 64.1 Å². The zero-order valence-electron chi connectivity index (χ0n) is 24.3. The maximum Gasteiger partial charge on any atom is 0.337 e. The second-order valence-corrected chi connectivity index (χ2v) is 12.7. The number of hydrogen-bond donors (Lipinski definition) is 1. The van der Waals surface area contributed by atoms with Gasteiger partial charge in [-0.25, -0.2) is 4.79 Å². The number of pyridine rings is 2. The lowest BCUT2D eigenvalue weighted by molar-refractivity contribution is -0.160. The topological polar surface area (TPSA) is 84.8 Å². The van der Waals surface area contributed by atoms with Crippen LogP contribution in [0, 0.1) is 12.3 Å². The molecule has 1 aliphatic rings. The maximum atomic E-state index is 12.6. The number of ether oxygens (including phenoxy) is 2. The summed E-state index contributed by atoms with van der Waals surface area (Å²) in [4.78, 5) is 24.2. The first-order valence-corrected chi connectivity index (χ1v) is 14.2. The zero-order valence-corrected chi connectivity index (χ0v) is 25.1. The number of carboxylic acid groups (broad SMARTS) is 1. The third-order valence-electron chi connectivity index (χ3n) is 7.24. The first-order valence-electron chi connectivity index (χ1n) is 13.8. The summed E-state index contributed by atoms with van der Waals surface area (Å²) in [5.41, 5.74) is 4.23. The van der Waals surface area contributed by atoms with Crippen LogP contribution in [0.25, 0.3) is 11.3 Å². The summed E-state index contributed by atoms with van der Waals surface area (Å²) in [5, 5.41) is 11.0. The Bertz CT molecular complexity index is 1320. The highest BCUT2D eigenvalue weighted by Gasteiger charge is 2.36. The fraction of sp³-hybridized carbons (Fsp3) is 0.469. The molecule has 0 spiro atoms. The molecular weight excluding hydrogens is 526 g/mol. The lowest BCUT2D eigenvalue weighted by atomic mass is 9.82. The van der Waals surface area contributed by atoms with E-state index in [1.165, 1.54) is 0 Å². The van der Waals surface area contributed by atoms with E-state index in [4.69, 9.17) is 26.1 Å². The summed E-state index contributed by atoms with van der Waals surface area (Å²) in [6.45, 7) is 14.1. The normalized spacial score (nSPS) is 16.0. The molecule has 0 bridgehead atoms. The van der Waals surface area contributed by atoms with Gasteiger partial charge in [0.25, 0.3) is 0 Å². The number of rotatable bonds is 9. The molecular formula is C32H40ClN3O4. The van der Waals surface area contributed by atoms with E-state index in [1.54, 1.807) is 12.4 Å². The second-order valence-electron chi connectivity index (χ2n) is 12.2. The number of anilines is 1. The van der Waals surface area contributed by atoms with E-state index < -0.39 is 17.7 Å². The second kappa shape index (κ2) is 12.1. The van der Waals surface area contributed by atoms with Crippen molar-refractivity contribution in [1.82, 2.24) is 9.97 Å². The lowest BCUT2D eigenvalue weighted by Gasteiger charge is -2.40. The Morgan fingerprint density at radius 3 is 2.45 bits per heavy atom. The number of nitrogens with zero attached hydrogens (tertiary/aromatic N) is 3. The molecule has 3 aromatic rings. The molecule has 0 amide bonds. The molecule has 7 nitrogen and oxygen atoms in total. The molecule has 214 valence electrons. The van der Waals surface area contributed by atoms with Crippen molar-refractivity contribution in [2.24, 2.45) is 5.41 Å². The van der Waals surface area contributed by atoms with Gasteiger partial charge in [0.1, 0.15) is 5.75 Å². The van der Waals surface area contributed by atoms with Crippen LogP contribution >= 0.6 is 11.6 Å². The minimum absolute atomic E-state index is 0.231. The van der Waals surface area contributed by atoms with E-state index >= 15 is 0 Å². The molecule has 1 unspecified atom stereocenters. The first-order chi connectivity index (χ1) is 18.8. The van der Waals surface area contributed by atoms with Crippen LogP contribution in [0.4, 0.5) is 5.69 Å². The van der Waals surface area contributed by atoms with Crippen molar-refractivity contribution in [3.8, 4) is 17.0 Å². The van der Waals surface area contributed by atoms with Crippen LogP contribution in [0.2, 0.25) is 5.02 Å². The lowest BCUT2D eigenvalue weighted by Crippen LogP contribution is -2.39. The molecule has 4 rings (SSSR count). The molecule has 0 aliphatic carbocycles. The summed E-state index contributed by atoms with van der Waals surface area (Å²) < 4.78 is 12.1. The first kappa shape index (κ1) is 29.8. The number of piperidine rings is 1. The van der Waals surface area contributed by atoms with E-state index in [-0.39, 0.29) is 5.41 Å². The highest BCUT2D eigenvalue weighted by Crippen LogP contribution is 2.43. The van der Waals surface area contributed by atoms with Gasteiger partial charge in [-0.1, -0.05) is 37.6 Å². The molecule has 1 saturated heterocycles. The largest absolute Gasteiger partial charge is 0.492 e. The third-order valence-corrected chi connectivity index (χ3v) is 7.47. The Balaban J connectivity index is 1.67. The van der Waals surface area contributed by atoms with Crippen LogP contribution < -0.4 is 9.64 Å². The van der Waals surface area contributed by atoms with Crippen molar-refractivity contribution >= 4 is 23.3 Å². The Hall–Kier alpha value is -3.16. The number of aliphatic carboxylic acids is 1. The van der Waals surface area contributed by atoms with Crippen LogP contribution in [0.1, 0.15) is 70.4 Å². The van der Waals surface area contributed by atoms with E-state index in [2.05, 4.69) is 23.7 Å². The van der Waals surface area contributed by atoms with Crippen LogP contribution in [0.5, 0.6) is 5.75 Å². The fourth-order valence-corrected chi connectivity index (χ4v) is 5.19. The SMILES string of the molecule is Cc1ncc(-c2ccc(OCCc3cccc(Cl)c3)cn2)c(N2CCC(C)(C)CC2)c1C(OC(C)(C)C)C(=O)O. The number of aromatic nitrogens is 2. The number of benzene rings is 1. The molecule has 1 aromatic carbocycles. The average molecular weight is 566 g/mol. The van der Waals surface area contributed by atoms with Gasteiger partial charge >= 0.3 is 5.97 Å². The summed E-state index contributed by atoms with van der Waals surface area (Å²) >= 11 is 6.09. The quantitative estimate of drug-likeness (QED) is 0.291. The Morgan fingerprint density at radius 2 is 1.85 bits per heavy atom. The van der Waals surface area contributed by atoms with Crippen LogP contribution in [-0.4, -0.2) is 46.3 Å². The summed E-state index contributed by atoms with van der Waals surface area (Å²) in [7, 11) is 0. The smallest absolute Gasteiger partial charge is 0.337 e. The Kier molecular flexibility index (Phi) is 9.06. The van der Waals surface area contributed by atoms with Gasteiger partial charge in [0, 0.05) is 47.6 Å². The Labute approximate surface area is 242 Å². The molecule has 2 aromatic heterocycles. The van der Waals surface area contributed by atoms with Crippen LogP contribution in [0.3, 0.4) is 0 Å². The van der Waals surface area contributed by atoms with Crippen molar-refractivity contribution in [3.63, 3.8) is 0 Å². The molecule has 0 radical (unpaired) electrons. The summed E-state index contributed by atoms with van der Waals surface area (Å²) in [6, 6.07) is 11.5. The van der Waals surface area contributed by atoms with E-state index in [0.29, 0.717) is 34.3 Å². The number of halogens is 1. The Morgan fingerprint density at radius 1 is 1.12 bits per heavy atom. The van der Waals surface area contributed by atoms with E-state index in [0.717, 1.165) is 49.2 Å². The molecule has 1 atom stereocenters. The molecule has 0 saturated carbocycles. The van der Waals surface area contributed by atoms with Crippen molar-refractivity contribution in [1.29, 1.82) is 0 Å². The number of hydrogen-bond acceptors (Lipinski definition) is 6. The monoisotopic (exact) mass is 565 g/mol. The van der Waals surface area contributed by atoms with Crippen molar-refractivity contribution in [3.05, 3.63) is 70.6 Å². The maximum absolute atomic E-state index is 12.6. The summed E-state index contributed by atoms with van der Waals surface area (Å²) in [5.74, 6) is -0.376. The standard InChI is InChI=1S/C32H40ClN3O4/c1-21-27(29(30(37)38)40-31(2,3)4)28(36-15-13-32(5,6)14-16-36)25(20-34-21)26-11-10-24(19-35-26)39-17-12-22-8-7-9-23(33)18-22/h7-11,18-20,29H,12-17H2,1-6H3,(H,37,38). The molecule has 1 aliphatic heterocycles. The van der Waals surface area contributed by atoms with Gasteiger partial charge in [-0.05, 0) is 75.8 Å². The fourth-order valence-electron chi connectivity index (χ4n) is 4.98. The zero-order chi connectivity index (χ0) is 29.1. The van der Waals surface area contributed by atoms with Crippen LogP contribution in [-0.2, 0) is 16.0 Å². The van der Waals surface area contributed by atoms with E-state index in [9.17, 15) is 9.90 Å². The molecule has 1 N–H and O–H groups in total. The van der Waals surface area contributed by atoms with Gasteiger partial charge in [-0.3, -0.25) is 9.97 Å². The molecule has 40 heavy (non-hydrogen) atoms. The van der Waals surface area contributed by atoms with Gasteiger partial charge < -0.3 is 19.5 Å². The van der Waals surface area contributed by atoms with Crippen molar-refractivity contribution in [2.45, 2.75) is 72.5 Å². The van der Waals surface area contributed by atoms with Crippen molar-refractivity contribution < 1.29 is 19.4 Å². The van der Waals surface area contributed by atoms with Crippen LogP contribution in [0.15, 0.2) is 48.8 Å². The average Bonchev–Trinajstić information content (AvgIpc) is 2.87. The highest BCUT2D eigenvalue weighted by molar-refractivity contribution is 6.30. The van der Waals surface area contributed by atoms with Gasteiger partial charge in [-0.15, -0.1) is 0 Å². The molecule has 8 heteroatoms. The molecule has 1 fully saturated rings. The van der Waals surface area contributed by atoms with Gasteiger partial charge in [0.05, 0.1) is 29.8 Å². The van der Waals surface area contributed by atoms with Gasteiger partial charge in [0.2, 0.25) is 0 Å². The highest BCUT2D eigenvalue weighted by atomic mass is 35.5. The number of aryl methyl sites for hydroxylation is 1. The predicted molar refractivity (Wildman–Crippen MR) is 159 cm³/mol. The minimum Gasteiger partial charge on any atom is -0.492 e. The molecule has 3 heterocycles. The predicted octanol–water partition coefficient (Wildman–Crippen LogP) is 7.29. The third kappa shape index (κ3) is 7.52. The summed E-state index contributed by atoms with van der Waals surface area (Å²) in [6.07, 6.45) is 5.07. The van der Waals surface area contributed by atoms with Gasteiger partial charge in [0.15, 0.2) is 6.10 Å². The number of carboxylic acids is 1. The minimum atomic E-state index is -1.16. The number of carbonyl (C=O) groups is 1.